The lowest BCUT2D eigenvalue weighted by Crippen LogP contribution is -2.30. The van der Waals surface area contributed by atoms with E-state index in [-0.39, 0.29) is 36.2 Å². The Bertz CT molecular complexity index is 1090. The maximum atomic E-state index is 12.2. The molecule has 1 aliphatic rings. The number of rotatable bonds is 8. The summed E-state index contributed by atoms with van der Waals surface area (Å²) in [6.07, 6.45) is -3.11. The molecule has 32 heavy (non-hydrogen) atoms. The number of hydrogen-bond donors (Lipinski definition) is 4. The second kappa shape index (κ2) is 9.47. The fraction of sp³-hybridized carbons (Fsp3) is 0.261. The number of aliphatic hydroxyl groups excluding tert-OH is 2. The average Bonchev–Trinajstić information content (AvgIpc) is 3.41. The molecule has 8 nitrogen and oxygen atoms in total. The topological polar surface area (TPSA) is 129 Å². The highest BCUT2D eigenvalue weighted by Gasteiger charge is 2.29. The van der Waals surface area contributed by atoms with Crippen LogP contribution in [0.3, 0.4) is 0 Å². The lowest BCUT2D eigenvalue weighted by Gasteiger charge is -2.17. The van der Waals surface area contributed by atoms with Crippen molar-refractivity contribution in [3.63, 3.8) is 0 Å². The van der Waals surface area contributed by atoms with Gasteiger partial charge in [0.05, 0.1) is 6.10 Å². The predicted molar refractivity (Wildman–Crippen MR) is 118 cm³/mol. The van der Waals surface area contributed by atoms with Crippen LogP contribution in [0.15, 0.2) is 53.9 Å². The van der Waals surface area contributed by atoms with Crippen molar-refractivity contribution < 1.29 is 29.6 Å². The van der Waals surface area contributed by atoms with Gasteiger partial charge in [-0.25, -0.2) is 14.6 Å². The molecule has 1 amide bonds. The molecule has 4 rings (SSSR count). The van der Waals surface area contributed by atoms with E-state index in [0.717, 1.165) is 33.6 Å². The van der Waals surface area contributed by atoms with Crippen molar-refractivity contribution in [3.05, 3.63) is 75.7 Å². The number of carbonyl (C=O) groups excluding carboxylic acids is 1. The number of carboxylic acids is 1. The van der Waals surface area contributed by atoms with E-state index in [1.165, 1.54) is 5.38 Å². The first kappa shape index (κ1) is 21.9. The molecule has 4 N–H and O–H groups in total. The van der Waals surface area contributed by atoms with Gasteiger partial charge in [-0.05, 0) is 28.7 Å². The minimum absolute atomic E-state index is 0.0473. The van der Waals surface area contributed by atoms with E-state index in [0.29, 0.717) is 0 Å². The van der Waals surface area contributed by atoms with Gasteiger partial charge in [-0.3, -0.25) is 0 Å². The van der Waals surface area contributed by atoms with Gasteiger partial charge in [0.1, 0.15) is 17.7 Å². The molecule has 0 fully saturated rings. The number of nitrogens with zero attached hydrogens (tertiary/aromatic N) is 1. The number of aromatic nitrogens is 1. The molecule has 1 heterocycles. The lowest BCUT2D eigenvalue weighted by molar-refractivity contribution is 0.0134. The summed E-state index contributed by atoms with van der Waals surface area (Å²) in [7, 11) is 0. The van der Waals surface area contributed by atoms with Crippen molar-refractivity contribution in [2.75, 3.05) is 13.2 Å². The number of carbonyl (C=O) groups is 2. The molecule has 0 saturated carbocycles. The Labute approximate surface area is 188 Å². The van der Waals surface area contributed by atoms with E-state index < -0.39 is 24.3 Å². The largest absolute Gasteiger partial charge is 0.476 e. The number of hydrogen-bond acceptors (Lipinski definition) is 7. The van der Waals surface area contributed by atoms with Gasteiger partial charge in [-0.15, -0.1) is 11.3 Å². The number of nitrogens with one attached hydrogen (secondary N) is 1. The van der Waals surface area contributed by atoms with Gasteiger partial charge in [0.25, 0.3) is 0 Å². The van der Waals surface area contributed by atoms with E-state index in [4.69, 9.17) is 9.84 Å². The number of thiazole rings is 1. The van der Waals surface area contributed by atoms with E-state index in [1.807, 2.05) is 36.4 Å². The van der Waals surface area contributed by atoms with Crippen molar-refractivity contribution >= 4 is 23.4 Å². The number of alkyl carbamates (subject to hydrolysis) is 1. The summed E-state index contributed by atoms with van der Waals surface area (Å²) in [6.45, 7) is 0.258. The van der Waals surface area contributed by atoms with Crippen molar-refractivity contribution in [1.82, 2.24) is 10.3 Å². The summed E-state index contributed by atoms with van der Waals surface area (Å²) < 4.78 is 5.43. The van der Waals surface area contributed by atoms with Crippen molar-refractivity contribution in [2.24, 2.45) is 0 Å². The third-order valence-electron chi connectivity index (χ3n) is 5.41. The number of amides is 1. The summed E-state index contributed by atoms with van der Waals surface area (Å²) in [6, 6.07) is 16.1. The van der Waals surface area contributed by atoms with Crippen LogP contribution in [0, 0.1) is 0 Å². The third kappa shape index (κ3) is 4.50. The first-order chi connectivity index (χ1) is 15.5. The van der Waals surface area contributed by atoms with Gasteiger partial charge in [0, 0.05) is 17.8 Å². The van der Waals surface area contributed by atoms with Gasteiger partial charge >= 0.3 is 12.1 Å². The van der Waals surface area contributed by atoms with Crippen LogP contribution in [0.4, 0.5) is 4.79 Å². The van der Waals surface area contributed by atoms with Crippen LogP contribution < -0.4 is 5.32 Å². The molecule has 0 aliphatic heterocycles. The van der Waals surface area contributed by atoms with Crippen LogP contribution in [0.25, 0.3) is 11.1 Å². The maximum Gasteiger partial charge on any atom is 0.407 e. The highest BCUT2D eigenvalue weighted by atomic mass is 32.1. The molecule has 9 heteroatoms. The second-order valence-corrected chi connectivity index (χ2v) is 8.32. The van der Waals surface area contributed by atoms with Gasteiger partial charge in [0.2, 0.25) is 0 Å². The molecule has 1 aromatic heterocycles. The highest BCUT2D eigenvalue weighted by Crippen LogP contribution is 2.44. The Hall–Kier alpha value is -3.27. The molecule has 0 radical (unpaired) electrons. The molecule has 2 atom stereocenters. The number of aromatic carboxylic acids is 1. The molecule has 2 aromatic carbocycles. The number of ether oxygens (including phenoxy) is 1. The predicted octanol–water partition coefficient (Wildman–Crippen LogP) is 3.16. The number of fused-ring (bicyclic) bond motifs is 3. The fourth-order valence-electron chi connectivity index (χ4n) is 3.82. The molecule has 0 spiro atoms. The Kier molecular flexibility index (Phi) is 6.50. The van der Waals surface area contributed by atoms with Gasteiger partial charge in [-0.1, -0.05) is 48.5 Å². The summed E-state index contributed by atoms with van der Waals surface area (Å²) in [4.78, 5) is 26.8. The Morgan fingerprint density at radius 1 is 1.06 bits per heavy atom. The Morgan fingerprint density at radius 3 is 2.28 bits per heavy atom. The molecule has 0 saturated heterocycles. The second-order valence-electron chi connectivity index (χ2n) is 7.43. The van der Waals surface area contributed by atoms with Crippen molar-refractivity contribution in [3.8, 4) is 11.1 Å². The van der Waals surface area contributed by atoms with Crippen molar-refractivity contribution in [1.29, 1.82) is 0 Å². The molecule has 166 valence electrons. The Balaban J connectivity index is 1.27. The van der Waals surface area contributed by atoms with E-state index in [1.54, 1.807) is 0 Å². The zero-order valence-electron chi connectivity index (χ0n) is 17.0. The number of benzene rings is 2. The molecular weight excluding hydrogens is 432 g/mol. The molecule has 0 bridgehead atoms. The van der Waals surface area contributed by atoms with Crippen LogP contribution >= 0.6 is 11.3 Å². The zero-order chi connectivity index (χ0) is 22.7. The van der Waals surface area contributed by atoms with E-state index >= 15 is 0 Å². The van der Waals surface area contributed by atoms with Crippen molar-refractivity contribution in [2.45, 2.75) is 24.5 Å². The molecule has 3 aromatic rings. The lowest BCUT2D eigenvalue weighted by atomic mass is 9.98. The van der Waals surface area contributed by atoms with Gasteiger partial charge < -0.3 is 25.4 Å². The summed E-state index contributed by atoms with van der Waals surface area (Å²) in [5.74, 6) is -1.25. The van der Waals surface area contributed by atoms with Crippen LogP contribution in [0.2, 0.25) is 0 Å². The first-order valence-corrected chi connectivity index (χ1v) is 11.0. The number of carboxylic acid groups (broad SMARTS) is 1. The Morgan fingerprint density at radius 2 is 1.69 bits per heavy atom. The first-order valence-electron chi connectivity index (χ1n) is 10.1. The quantitative estimate of drug-likeness (QED) is 0.411. The molecule has 2 unspecified atom stereocenters. The van der Waals surface area contributed by atoms with Crippen LogP contribution in [-0.4, -0.2) is 51.6 Å². The minimum atomic E-state index is -1.34. The third-order valence-corrected chi connectivity index (χ3v) is 6.33. The monoisotopic (exact) mass is 454 g/mol. The highest BCUT2D eigenvalue weighted by molar-refractivity contribution is 7.09. The smallest absolute Gasteiger partial charge is 0.407 e. The summed E-state index contributed by atoms with van der Waals surface area (Å²) in [5.41, 5.74) is 4.33. The van der Waals surface area contributed by atoms with Crippen LogP contribution in [0.5, 0.6) is 0 Å². The average molecular weight is 455 g/mol. The van der Waals surface area contributed by atoms with E-state index in [9.17, 15) is 19.8 Å². The standard InChI is InChI=1S/C23H22N2O6S/c26-19(20(27)21-25-18(12-32-21)22(28)29)9-10-24-23(30)31-11-17-15-7-3-1-5-13(15)14-6-2-4-8-16(14)17/h1-8,12,17,19-20,26-27H,9-11H2,(H,24,30)(H,28,29). The zero-order valence-corrected chi connectivity index (χ0v) is 17.8. The summed E-state index contributed by atoms with van der Waals surface area (Å²) >= 11 is 0.951. The minimum Gasteiger partial charge on any atom is -0.476 e. The SMILES string of the molecule is O=C(NCCC(O)C(O)c1nc(C(=O)O)cs1)OCC1c2ccccc2-c2ccccc21. The summed E-state index contributed by atoms with van der Waals surface area (Å²) in [5, 5.41) is 33.1. The van der Waals surface area contributed by atoms with Gasteiger partial charge in [0.15, 0.2) is 5.69 Å². The maximum absolute atomic E-state index is 12.2. The van der Waals surface area contributed by atoms with E-state index in [2.05, 4.69) is 22.4 Å². The van der Waals surface area contributed by atoms with Crippen LogP contribution in [0.1, 0.15) is 45.1 Å². The van der Waals surface area contributed by atoms with Gasteiger partial charge in [-0.2, -0.15) is 0 Å². The fourth-order valence-corrected chi connectivity index (χ4v) is 4.65. The molecule has 1 aliphatic carbocycles. The normalized spacial score (nSPS) is 14.3. The van der Waals surface area contributed by atoms with Crippen LogP contribution in [-0.2, 0) is 4.74 Å². The molecular formula is C23H22N2O6S. The number of aliphatic hydroxyl groups is 2.